The fourth-order valence-corrected chi connectivity index (χ4v) is 9.76. The monoisotopic (exact) mass is 1280 g/mol. The molecule has 0 aliphatic heterocycles. The standard InChI is InChI=1S/C18H20FNO4S.C17H19FN2O4S.C12H17NO2.C11H16N2O2.4H3P/c1-3-13-5-4-6-14(11-13)12-17(18(21)24-2)20-25(22,23)16-9-7-15(19)8-10-16;1-3-13-5-4-6-14(19-13)11-16(17(21)24-2)20-25(22,23)15-9-7-12(18)8-10-15;1-3-9-5-4-6-10(7-9)8-11(13)12(14)15-2;1-3-8-5-4-6-9(13-8)7-10(12)11(14)15-2;;;;/h4-11,17,20H,3,12H2,1-2H3;4-10,16,20H,3,11H2,1-2H3;4-7,11H,3,8,13H2,1-2H3;4-6,10H,3,7,12H2,1-2H3;4*1H3/t17-;16-;11-;10-;;;;/m0000..../s1. The summed E-state index contributed by atoms with van der Waals surface area (Å²) in [5, 5.41) is 0. The van der Waals surface area contributed by atoms with Crippen LogP contribution in [0.4, 0.5) is 8.78 Å². The van der Waals surface area contributed by atoms with E-state index in [4.69, 9.17) is 16.2 Å². The van der Waals surface area contributed by atoms with Crippen LogP contribution in [0, 0.1) is 11.6 Å². The number of hydrogen-bond donors (Lipinski definition) is 4. The highest BCUT2D eigenvalue weighted by Gasteiger charge is 2.29. The Morgan fingerprint density at radius 3 is 1.10 bits per heavy atom. The molecule has 4 aromatic carbocycles. The van der Waals surface area contributed by atoms with Crippen molar-refractivity contribution in [2.45, 2.75) is 113 Å². The van der Waals surface area contributed by atoms with Crippen molar-refractivity contribution in [1.29, 1.82) is 0 Å². The molecule has 0 fully saturated rings. The van der Waals surface area contributed by atoms with E-state index in [1.54, 1.807) is 12.1 Å². The van der Waals surface area contributed by atoms with Crippen LogP contribution in [-0.4, -0.2) is 103 Å². The topological polar surface area (TPSA) is 275 Å². The van der Waals surface area contributed by atoms with Gasteiger partial charge in [-0.1, -0.05) is 88.4 Å². The zero-order chi connectivity index (χ0) is 59.4. The average Bonchev–Trinajstić information content (AvgIpc) is 3.53. The normalized spacial score (nSPS) is 11.9. The number of carbonyl (C=O) groups is 4. The summed E-state index contributed by atoms with van der Waals surface area (Å²) in [6, 6.07) is 32.0. The van der Waals surface area contributed by atoms with Gasteiger partial charge in [0, 0.05) is 35.6 Å². The van der Waals surface area contributed by atoms with E-state index in [-0.39, 0.29) is 68.2 Å². The van der Waals surface area contributed by atoms with Gasteiger partial charge in [-0.05, 0) is 134 Å². The zero-order valence-electron chi connectivity index (χ0n) is 49.0. The van der Waals surface area contributed by atoms with Gasteiger partial charge in [-0.3, -0.25) is 29.1 Å². The van der Waals surface area contributed by atoms with E-state index in [0.717, 1.165) is 108 Å². The molecule has 0 radical (unpaired) electrons. The summed E-state index contributed by atoms with van der Waals surface area (Å²) in [5.41, 5.74) is 18.8. The fraction of sp³-hybridized carbons (Fsp3) is 0.345. The number of methoxy groups -OCH3 is 4. The molecule has 0 amide bonds. The third kappa shape index (κ3) is 28.1. The van der Waals surface area contributed by atoms with E-state index >= 15 is 0 Å². The summed E-state index contributed by atoms with van der Waals surface area (Å²) in [7, 11) is -2.94. The van der Waals surface area contributed by atoms with Crippen molar-refractivity contribution in [3.63, 3.8) is 0 Å². The molecule has 0 spiro atoms. The molecule has 84 heavy (non-hydrogen) atoms. The fourth-order valence-electron chi connectivity index (χ4n) is 7.40. The van der Waals surface area contributed by atoms with Crippen LogP contribution in [0.2, 0.25) is 0 Å². The van der Waals surface area contributed by atoms with Gasteiger partial charge in [-0.15, -0.1) is 0 Å². The Labute approximate surface area is 507 Å². The van der Waals surface area contributed by atoms with E-state index < -0.39 is 73.8 Å². The molecule has 26 heteroatoms. The number of carbonyl (C=O) groups excluding carboxylic acids is 4. The van der Waals surface area contributed by atoms with Gasteiger partial charge < -0.3 is 30.4 Å². The van der Waals surface area contributed by atoms with Crippen molar-refractivity contribution >= 4 is 83.5 Å². The summed E-state index contributed by atoms with van der Waals surface area (Å²) in [6.45, 7) is 8.08. The number of rotatable bonds is 22. The molecule has 0 saturated carbocycles. The quantitative estimate of drug-likeness (QED) is 0.0320. The number of halogens is 2. The van der Waals surface area contributed by atoms with Crippen LogP contribution in [0.15, 0.2) is 143 Å². The van der Waals surface area contributed by atoms with Crippen molar-refractivity contribution in [1.82, 2.24) is 19.4 Å². The van der Waals surface area contributed by atoms with Crippen molar-refractivity contribution in [3.05, 3.63) is 190 Å². The van der Waals surface area contributed by atoms with Gasteiger partial charge in [0.1, 0.15) is 35.8 Å². The summed E-state index contributed by atoms with van der Waals surface area (Å²) < 4.78 is 98.9. The smallest absolute Gasteiger partial charge is 0.324 e. The lowest BCUT2D eigenvalue weighted by Crippen LogP contribution is -2.43. The molecule has 464 valence electrons. The summed E-state index contributed by atoms with van der Waals surface area (Å²) in [6.07, 6.45) is 4.56. The molecule has 8 atom stereocenters. The zero-order valence-corrected chi connectivity index (χ0v) is 56.3. The van der Waals surface area contributed by atoms with Gasteiger partial charge in [0.15, 0.2) is 0 Å². The Bertz CT molecular complexity index is 2970. The van der Waals surface area contributed by atoms with Gasteiger partial charge in [0.2, 0.25) is 20.0 Å². The molecule has 4 unspecified atom stereocenters. The first kappa shape index (κ1) is 80.4. The maximum Gasteiger partial charge on any atom is 0.324 e. The molecular weight excluding hydrogens is 1200 g/mol. The highest BCUT2D eigenvalue weighted by atomic mass is 32.2. The number of hydrogen-bond acceptors (Lipinski definition) is 16. The number of nitrogens with one attached hydrogen (secondary N) is 2. The maximum absolute atomic E-state index is 13.0. The second kappa shape index (κ2) is 41.4. The van der Waals surface area contributed by atoms with E-state index in [0.29, 0.717) is 18.5 Å². The Hall–Kier alpha value is -5.62. The number of benzene rings is 4. The van der Waals surface area contributed by atoms with E-state index in [9.17, 15) is 44.8 Å². The minimum absolute atomic E-state index is 0. The third-order valence-corrected chi connectivity index (χ3v) is 14.8. The number of aromatic nitrogens is 2. The van der Waals surface area contributed by atoms with Gasteiger partial charge in [-0.25, -0.2) is 25.6 Å². The maximum atomic E-state index is 13.0. The number of nitrogens with two attached hydrogens (primary N) is 2. The van der Waals surface area contributed by atoms with Crippen LogP contribution in [0.5, 0.6) is 0 Å². The van der Waals surface area contributed by atoms with Crippen molar-refractivity contribution in [2.75, 3.05) is 28.4 Å². The number of sulfonamides is 2. The highest BCUT2D eigenvalue weighted by Crippen LogP contribution is 2.16. The molecule has 2 heterocycles. The SMILES string of the molecule is CCc1cccc(C[C@H](N)C(=O)OC)c1.CCc1cccc(C[C@H](N)C(=O)OC)n1.CCc1cccc(C[C@H](NS(=O)(=O)c2ccc(F)cc2)C(=O)OC)c1.CCc1cccc(C[C@H](NS(=O)(=O)c2ccc(F)cc2)C(=O)OC)n1.P.P.P.P. The van der Waals surface area contributed by atoms with Crippen LogP contribution in [-0.2, 0) is 110 Å². The molecule has 6 aromatic rings. The molecule has 2 aromatic heterocycles. The molecule has 0 aliphatic carbocycles. The van der Waals surface area contributed by atoms with E-state index in [1.807, 2.05) is 81.4 Å². The Balaban J connectivity index is 0. The molecule has 18 nitrogen and oxygen atoms in total. The number of ether oxygens (including phenoxy) is 4. The Morgan fingerprint density at radius 1 is 0.429 bits per heavy atom. The Kier molecular flexibility index (Phi) is 39.7. The lowest BCUT2D eigenvalue weighted by molar-refractivity contribution is -0.143. The highest BCUT2D eigenvalue weighted by molar-refractivity contribution is 7.89. The number of esters is 4. The predicted octanol–water partition coefficient (Wildman–Crippen LogP) is 6.51. The number of nitrogens with zero attached hydrogens (tertiary/aromatic N) is 2. The van der Waals surface area contributed by atoms with Crippen molar-refractivity contribution in [2.24, 2.45) is 11.5 Å². The lowest BCUT2D eigenvalue weighted by atomic mass is 10.0. The number of aryl methyl sites for hydroxylation is 4. The van der Waals surface area contributed by atoms with Crippen LogP contribution >= 0.6 is 39.6 Å². The molecule has 0 bridgehead atoms. The van der Waals surface area contributed by atoms with Gasteiger partial charge in [0.05, 0.1) is 38.2 Å². The first-order valence-corrected chi connectivity index (χ1v) is 28.4. The molecular formula is C58H84F2N6O12P4S2. The summed E-state index contributed by atoms with van der Waals surface area (Å²) >= 11 is 0. The van der Waals surface area contributed by atoms with Crippen LogP contribution in [0.1, 0.15) is 72.7 Å². The number of pyridine rings is 2. The molecule has 0 saturated heterocycles. The minimum atomic E-state index is -4.01. The average molecular weight is 1280 g/mol. The predicted molar refractivity (Wildman–Crippen MR) is 343 cm³/mol. The first-order valence-electron chi connectivity index (χ1n) is 25.5. The molecule has 6 rings (SSSR count). The lowest BCUT2D eigenvalue weighted by Gasteiger charge is -2.17. The largest absolute Gasteiger partial charge is 0.468 e. The van der Waals surface area contributed by atoms with E-state index in [2.05, 4.69) is 52.7 Å². The van der Waals surface area contributed by atoms with Crippen LogP contribution in [0.25, 0.3) is 0 Å². The second-order valence-electron chi connectivity index (χ2n) is 17.7. The van der Waals surface area contributed by atoms with Crippen molar-refractivity contribution < 1.29 is 63.7 Å². The summed E-state index contributed by atoms with van der Waals surface area (Å²) in [5.74, 6) is -3.28. The van der Waals surface area contributed by atoms with Crippen molar-refractivity contribution in [3.8, 4) is 0 Å². The third-order valence-electron chi connectivity index (χ3n) is 11.8. The van der Waals surface area contributed by atoms with Gasteiger partial charge in [0.25, 0.3) is 0 Å². The minimum Gasteiger partial charge on any atom is -0.468 e. The van der Waals surface area contributed by atoms with E-state index in [1.165, 1.54) is 34.0 Å². The van der Waals surface area contributed by atoms with Crippen LogP contribution < -0.4 is 20.9 Å². The molecule has 0 aliphatic rings. The van der Waals surface area contributed by atoms with Crippen LogP contribution in [0.3, 0.4) is 0 Å². The second-order valence-corrected chi connectivity index (χ2v) is 21.1. The van der Waals surface area contributed by atoms with Gasteiger partial charge >= 0.3 is 23.9 Å². The Morgan fingerprint density at radius 2 is 0.738 bits per heavy atom. The summed E-state index contributed by atoms with van der Waals surface area (Å²) in [4.78, 5) is 54.7. The molecule has 6 N–H and O–H groups in total. The van der Waals surface area contributed by atoms with Gasteiger partial charge in [-0.2, -0.15) is 49.0 Å². The first-order chi connectivity index (χ1) is 38.0.